The lowest BCUT2D eigenvalue weighted by Gasteiger charge is -1.95. The van der Waals surface area contributed by atoms with Crippen molar-refractivity contribution in [2.75, 3.05) is 0 Å². The van der Waals surface area contributed by atoms with Crippen LogP contribution < -0.4 is 0 Å². The van der Waals surface area contributed by atoms with E-state index in [-0.39, 0.29) is 23.2 Å². The molecule has 2 aromatic rings. The Bertz CT molecular complexity index is 466. The first-order valence-electron chi connectivity index (χ1n) is 4.04. The maximum absolute atomic E-state index is 12.9. The van der Waals surface area contributed by atoms with Gasteiger partial charge in [0, 0.05) is 11.6 Å². The third kappa shape index (κ3) is 2.12. The van der Waals surface area contributed by atoms with E-state index in [1.54, 1.807) is 0 Å². The molecule has 1 aromatic carbocycles. The fourth-order valence-corrected chi connectivity index (χ4v) is 1.22. The summed E-state index contributed by atoms with van der Waals surface area (Å²) in [5.41, 5.74) is 0.215. The Kier molecular flexibility index (Phi) is 2.64. The molecular weight excluding hydrogens is 226 g/mol. The van der Waals surface area contributed by atoms with Crippen LogP contribution in [0.2, 0.25) is 0 Å². The summed E-state index contributed by atoms with van der Waals surface area (Å²) in [6.45, 7) is 0. The van der Waals surface area contributed by atoms with Crippen LogP contribution in [0.1, 0.15) is 5.89 Å². The maximum Gasteiger partial charge on any atom is 0.241 e. The molecule has 0 bridgehead atoms. The van der Waals surface area contributed by atoms with Gasteiger partial charge in [-0.05, 0) is 12.1 Å². The van der Waals surface area contributed by atoms with E-state index in [0.717, 1.165) is 18.2 Å². The summed E-state index contributed by atoms with van der Waals surface area (Å²) in [7, 11) is 0. The minimum Gasteiger partial charge on any atom is -0.338 e. The third-order valence-electron chi connectivity index (χ3n) is 1.70. The third-order valence-corrected chi connectivity index (χ3v) is 1.93. The summed E-state index contributed by atoms with van der Waals surface area (Å²) >= 11 is 5.45. The maximum atomic E-state index is 12.9. The van der Waals surface area contributed by atoms with Gasteiger partial charge in [0.05, 0.1) is 0 Å². The summed E-state index contributed by atoms with van der Waals surface area (Å²) < 4.78 is 30.4. The predicted molar refractivity (Wildman–Crippen MR) is 49.2 cm³/mol. The Morgan fingerprint density at radius 1 is 1.20 bits per heavy atom. The van der Waals surface area contributed by atoms with Crippen LogP contribution in [0.3, 0.4) is 0 Å². The highest BCUT2D eigenvalue weighted by atomic mass is 35.5. The number of hydrogen-bond donors (Lipinski definition) is 0. The second kappa shape index (κ2) is 3.94. The van der Waals surface area contributed by atoms with Crippen molar-refractivity contribution in [1.29, 1.82) is 0 Å². The Balaban J connectivity index is 2.44. The SMILES string of the molecule is Fc1cc(F)cc(-c2noc(CCl)n2)c1. The number of rotatable bonds is 2. The summed E-state index contributed by atoms with van der Waals surface area (Å²) in [5.74, 6) is -1.00. The zero-order valence-corrected chi connectivity index (χ0v) is 8.13. The van der Waals surface area contributed by atoms with Crippen molar-refractivity contribution in [1.82, 2.24) is 10.1 Å². The Hall–Kier alpha value is -1.49. The van der Waals surface area contributed by atoms with Gasteiger partial charge in [0.2, 0.25) is 11.7 Å². The van der Waals surface area contributed by atoms with Gasteiger partial charge >= 0.3 is 0 Å². The van der Waals surface area contributed by atoms with Crippen LogP contribution in [-0.2, 0) is 5.88 Å². The predicted octanol–water partition coefficient (Wildman–Crippen LogP) is 2.75. The molecule has 0 atom stereocenters. The lowest BCUT2D eigenvalue weighted by Crippen LogP contribution is -1.86. The van der Waals surface area contributed by atoms with Crippen LogP contribution >= 0.6 is 11.6 Å². The van der Waals surface area contributed by atoms with E-state index in [2.05, 4.69) is 10.1 Å². The normalized spacial score (nSPS) is 10.6. The number of halogens is 3. The summed E-state index contributed by atoms with van der Waals surface area (Å²) in [6.07, 6.45) is 0. The molecule has 0 aliphatic carbocycles. The van der Waals surface area contributed by atoms with Crippen LogP contribution in [0.5, 0.6) is 0 Å². The van der Waals surface area contributed by atoms with Crippen LogP contribution in [0.25, 0.3) is 11.4 Å². The average molecular weight is 231 g/mol. The fraction of sp³-hybridized carbons (Fsp3) is 0.111. The molecule has 6 heteroatoms. The molecule has 0 saturated heterocycles. The second-order valence-corrected chi connectivity index (χ2v) is 3.07. The molecule has 0 fully saturated rings. The van der Waals surface area contributed by atoms with Crippen LogP contribution in [0.15, 0.2) is 22.7 Å². The van der Waals surface area contributed by atoms with Gasteiger partial charge in [-0.15, -0.1) is 11.6 Å². The average Bonchev–Trinajstić information content (AvgIpc) is 2.64. The summed E-state index contributed by atoms with van der Waals surface area (Å²) in [4.78, 5) is 3.84. The van der Waals surface area contributed by atoms with Crippen LogP contribution in [-0.4, -0.2) is 10.1 Å². The Labute approximate surface area is 88.7 Å². The molecule has 2 rings (SSSR count). The lowest BCUT2D eigenvalue weighted by atomic mass is 10.2. The van der Waals surface area contributed by atoms with Crippen molar-refractivity contribution in [3.05, 3.63) is 35.7 Å². The molecule has 0 aliphatic heterocycles. The zero-order chi connectivity index (χ0) is 10.8. The smallest absolute Gasteiger partial charge is 0.241 e. The summed E-state index contributed by atoms with van der Waals surface area (Å²) in [6, 6.07) is 3.00. The first-order valence-corrected chi connectivity index (χ1v) is 4.57. The highest BCUT2D eigenvalue weighted by molar-refractivity contribution is 6.16. The van der Waals surface area contributed by atoms with Gasteiger partial charge in [-0.1, -0.05) is 5.16 Å². The van der Waals surface area contributed by atoms with Gasteiger partial charge in [0.25, 0.3) is 0 Å². The molecule has 1 heterocycles. The molecular formula is C9H5ClF2N2O. The van der Waals surface area contributed by atoms with Crippen molar-refractivity contribution in [2.24, 2.45) is 0 Å². The molecule has 0 unspecified atom stereocenters. The molecule has 1 aromatic heterocycles. The number of aromatic nitrogens is 2. The van der Waals surface area contributed by atoms with E-state index >= 15 is 0 Å². The number of benzene rings is 1. The fourth-order valence-electron chi connectivity index (χ4n) is 1.11. The zero-order valence-electron chi connectivity index (χ0n) is 7.38. The van der Waals surface area contributed by atoms with E-state index in [4.69, 9.17) is 16.1 Å². The van der Waals surface area contributed by atoms with E-state index in [9.17, 15) is 8.78 Å². The van der Waals surface area contributed by atoms with Crippen LogP contribution in [0, 0.1) is 11.6 Å². The van der Waals surface area contributed by atoms with E-state index < -0.39 is 11.6 Å². The monoisotopic (exact) mass is 230 g/mol. The molecule has 3 nitrogen and oxygen atoms in total. The van der Waals surface area contributed by atoms with Gasteiger partial charge < -0.3 is 4.52 Å². The Morgan fingerprint density at radius 2 is 1.87 bits per heavy atom. The van der Waals surface area contributed by atoms with Crippen molar-refractivity contribution < 1.29 is 13.3 Å². The number of alkyl halides is 1. The first kappa shape index (κ1) is 10.0. The molecule has 15 heavy (non-hydrogen) atoms. The van der Waals surface area contributed by atoms with Crippen molar-refractivity contribution in [3.8, 4) is 11.4 Å². The van der Waals surface area contributed by atoms with Crippen LogP contribution in [0.4, 0.5) is 8.78 Å². The van der Waals surface area contributed by atoms with Gasteiger partial charge in [-0.3, -0.25) is 0 Å². The van der Waals surface area contributed by atoms with Gasteiger partial charge in [-0.2, -0.15) is 4.98 Å². The highest BCUT2D eigenvalue weighted by Crippen LogP contribution is 2.18. The highest BCUT2D eigenvalue weighted by Gasteiger charge is 2.09. The summed E-state index contributed by atoms with van der Waals surface area (Å²) in [5, 5.41) is 3.54. The molecule has 0 aliphatic rings. The van der Waals surface area contributed by atoms with Gasteiger partial charge in [0.1, 0.15) is 17.5 Å². The standard InChI is InChI=1S/C9H5ClF2N2O/c10-4-8-13-9(14-15-8)5-1-6(11)3-7(12)2-5/h1-3H,4H2. The van der Waals surface area contributed by atoms with E-state index in [1.165, 1.54) is 0 Å². The molecule has 0 radical (unpaired) electrons. The van der Waals surface area contributed by atoms with E-state index in [1.807, 2.05) is 0 Å². The van der Waals surface area contributed by atoms with Crippen molar-refractivity contribution in [2.45, 2.75) is 5.88 Å². The van der Waals surface area contributed by atoms with Gasteiger partial charge in [-0.25, -0.2) is 8.78 Å². The van der Waals surface area contributed by atoms with Crippen molar-refractivity contribution in [3.63, 3.8) is 0 Å². The minimum absolute atomic E-state index is 0.0603. The molecule has 0 spiro atoms. The molecule has 0 amide bonds. The molecule has 0 N–H and O–H groups in total. The van der Waals surface area contributed by atoms with Crippen molar-refractivity contribution >= 4 is 11.6 Å². The number of hydrogen-bond acceptors (Lipinski definition) is 3. The number of nitrogens with zero attached hydrogens (tertiary/aromatic N) is 2. The minimum atomic E-state index is -0.692. The lowest BCUT2D eigenvalue weighted by molar-refractivity contribution is 0.391. The van der Waals surface area contributed by atoms with Gasteiger partial charge in [0.15, 0.2) is 0 Å². The first-order chi connectivity index (χ1) is 7.19. The largest absolute Gasteiger partial charge is 0.338 e. The second-order valence-electron chi connectivity index (χ2n) is 2.80. The molecule has 0 saturated carbocycles. The van der Waals surface area contributed by atoms with E-state index in [0.29, 0.717) is 0 Å². The topological polar surface area (TPSA) is 38.9 Å². The molecule has 78 valence electrons. The quantitative estimate of drug-likeness (QED) is 0.745. The Morgan fingerprint density at radius 3 is 2.40 bits per heavy atom.